The molecule has 1 aliphatic carbocycles. The molecular weight excluding hydrogens is 404 g/mol. The molecule has 0 saturated carbocycles. The number of rotatable bonds is 5. The van der Waals surface area contributed by atoms with Crippen molar-refractivity contribution in [3.8, 4) is 5.75 Å². The minimum atomic E-state index is 0. The van der Waals surface area contributed by atoms with Crippen molar-refractivity contribution in [3.05, 3.63) is 108 Å². The quantitative estimate of drug-likeness (QED) is 0.280. The topological polar surface area (TPSA) is 9.23 Å². The maximum atomic E-state index is 5.87. The molecule has 0 fully saturated rings. The van der Waals surface area contributed by atoms with Crippen LogP contribution in [0.1, 0.15) is 25.8 Å². The van der Waals surface area contributed by atoms with E-state index in [0.29, 0.717) is 6.61 Å². The van der Waals surface area contributed by atoms with Crippen LogP contribution in [0.5, 0.6) is 5.75 Å². The molecule has 1 aliphatic rings. The van der Waals surface area contributed by atoms with Crippen molar-refractivity contribution >= 4 is 15.1 Å². The molecule has 29 heavy (non-hydrogen) atoms. The standard InChI is InChI=1S/C19H20O.C5H5.C2H7Si.Ti/c1-3-16(2)14-18(17-10-6-4-7-11-17)15-20-19-12-8-5-9-13-19;1-2-4-5-3-1;1-3-2;/h3-14H,15H2,1-2H3;1-3H,4H2;3H,1-2H3;/q;-1;;. The average molecular weight is 436 g/mol. The summed E-state index contributed by atoms with van der Waals surface area (Å²) >= 11 is 0. The second-order valence-corrected chi connectivity index (χ2v) is 7.41. The van der Waals surface area contributed by atoms with Crippen LogP contribution >= 0.6 is 0 Å². The first-order valence-electron chi connectivity index (χ1n) is 9.73. The zero-order valence-electron chi connectivity index (χ0n) is 18.1. The van der Waals surface area contributed by atoms with Gasteiger partial charge in [0.1, 0.15) is 12.4 Å². The van der Waals surface area contributed by atoms with Gasteiger partial charge in [0.25, 0.3) is 0 Å². The van der Waals surface area contributed by atoms with Crippen molar-refractivity contribution in [2.24, 2.45) is 0 Å². The Labute approximate surface area is 195 Å². The summed E-state index contributed by atoms with van der Waals surface area (Å²) in [5.41, 5.74) is 3.62. The van der Waals surface area contributed by atoms with Crippen molar-refractivity contribution in [2.45, 2.75) is 33.4 Å². The molecule has 3 heteroatoms. The van der Waals surface area contributed by atoms with E-state index in [-0.39, 0.29) is 21.7 Å². The summed E-state index contributed by atoms with van der Waals surface area (Å²) < 4.78 is 5.87. The van der Waals surface area contributed by atoms with E-state index < -0.39 is 0 Å². The van der Waals surface area contributed by atoms with Gasteiger partial charge in [0, 0.05) is 31.2 Å². The Balaban J connectivity index is 0.000000733. The van der Waals surface area contributed by atoms with Gasteiger partial charge in [-0.05, 0) is 37.1 Å². The molecule has 0 bridgehead atoms. The Hall–Kier alpha value is -1.87. The second-order valence-electron chi connectivity index (χ2n) is 6.25. The Morgan fingerprint density at radius 2 is 1.62 bits per heavy atom. The summed E-state index contributed by atoms with van der Waals surface area (Å²) in [5, 5.41) is 0. The second kappa shape index (κ2) is 18.2. The smallest absolute Gasteiger partial charge is 0.119 e. The van der Waals surface area contributed by atoms with E-state index in [0.717, 1.165) is 21.7 Å². The van der Waals surface area contributed by atoms with Gasteiger partial charge in [-0.25, -0.2) is 12.2 Å². The van der Waals surface area contributed by atoms with Crippen LogP contribution in [0.25, 0.3) is 5.57 Å². The van der Waals surface area contributed by atoms with Crippen LogP contribution in [-0.2, 0) is 21.7 Å². The Kier molecular flexibility index (Phi) is 17.0. The van der Waals surface area contributed by atoms with E-state index in [1.807, 2.05) is 55.5 Å². The molecule has 2 aromatic carbocycles. The fourth-order valence-electron chi connectivity index (χ4n) is 2.24. The molecule has 0 aliphatic heterocycles. The molecule has 0 N–H and O–H groups in total. The zero-order valence-corrected chi connectivity index (χ0v) is 20.8. The van der Waals surface area contributed by atoms with Crippen LogP contribution < -0.4 is 4.74 Å². The van der Waals surface area contributed by atoms with Crippen LogP contribution in [-0.4, -0.2) is 16.1 Å². The van der Waals surface area contributed by atoms with E-state index in [9.17, 15) is 0 Å². The van der Waals surface area contributed by atoms with E-state index in [2.05, 4.69) is 68.6 Å². The third kappa shape index (κ3) is 13.1. The molecule has 0 heterocycles. The first-order chi connectivity index (χ1) is 13.7. The van der Waals surface area contributed by atoms with E-state index >= 15 is 0 Å². The minimum absolute atomic E-state index is 0. The van der Waals surface area contributed by atoms with E-state index in [1.165, 1.54) is 16.7 Å². The summed E-state index contributed by atoms with van der Waals surface area (Å²) in [7, 11) is 0.750. The molecule has 1 nitrogen and oxygen atoms in total. The van der Waals surface area contributed by atoms with Gasteiger partial charge in [0.15, 0.2) is 0 Å². The van der Waals surface area contributed by atoms with Gasteiger partial charge < -0.3 is 4.74 Å². The predicted octanol–water partition coefficient (Wildman–Crippen LogP) is 6.94. The Bertz CT molecular complexity index is 752. The van der Waals surface area contributed by atoms with Gasteiger partial charge in [0.2, 0.25) is 0 Å². The normalized spacial score (nSPS) is 12.1. The number of hydrogen-bond donors (Lipinski definition) is 0. The van der Waals surface area contributed by atoms with Gasteiger partial charge in [-0.15, -0.1) is 6.42 Å². The largest absolute Gasteiger partial charge is 0.489 e. The summed E-state index contributed by atoms with van der Waals surface area (Å²) in [6.45, 7) is 9.14. The minimum Gasteiger partial charge on any atom is -0.489 e. The number of benzene rings is 2. The molecule has 151 valence electrons. The fourth-order valence-corrected chi connectivity index (χ4v) is 2.24. The molecule has 1 radical (unpaired) electrons. The molecule has 0 aromatic heterocycles. The van der Waals surface area contributed by atoms with Gasteiger partial charge in [-0.1, -0.05) is 79.4 Å². The zero-order chi connectivity index (χ0) is 20.5. The van der Waals surface area contributed by atoms with Crippen LogP contribution in [0, 0.1) is 6.08 Å². The third-order valence-electron chi connectivity index (χ3n) is 3.73. The summed E-state index contributed by atoms with van der Waals surface area (Å²) in [4.78, 5) is 0. The first kappa shape index (κ1) is 27.1. The van der Waals surface area contributed by atoms with Crippen molar-refractivity contribution < 1.29 is 26.5 Å². The van der Waals surface area contributed by atoms with Crippen LogP contribution in [0.3, 0.4) is 0 Å². The third-order valence-corrected chi connectivity index (χ3v) is 3.73. The van der Waals surface area contributed by atoms with Gasteiger partial charge >= 0.3 is 0 Å². The molecular formula is C26H32OSiTi-. The Morgan fingerprint density at radius 1 is 1.03 bits per heavy atom. The van der Waals surface area contributed by atoms with Gasteiger partial charge in [-0.2, -0.15) is 6.08 Å². The maximum Gasteiger partial charge on any atom is 0.119 e. The summed E-state index contributed by atoms with van der Waals surface area (Å²) in [6.07, 6.45) is 14.3. The molecule has 0 saturated heterocycles. The first-order valence-corrected chi connectivity index (χ1v) is 12.0. The van der Waals surface area contributed by atoms with Gasteiger partial charge in [0.05, 0.1) is 0 Å². The number of ether oxygens (including phenoxy) is 1. The van der Waals surface area contributed by atoms with E-state index in [1.54, 1.807) is 0 Å². The average Bonchev–Trinajstić information content (AvgIpc) is 3.33. The summed E-state index contributed by atoms with van der Waals surface area (Å²) in [5.74, 6) is 0.896. The number of hydrogen-bond acceptors (Lipinski definition) is 1. The SMILES string of the molecule is CC=C(C)C=C(COc1ccccc1)c1ccccc1.C[SiH]C.[C-]1=CC=CC1.[Ti]. The van der Waals surface area contributed by atoms with Crippen molar-refractivity contribution in [3.63, 3.8) is 0 Å². The van der Waals surface area contributed by atoms with E-state index in [4.69, 9.17) is 4.74 Å². The molecule has 0 amide bonds. The molecule has 2 aromatic rings. The van der Waals surface area contributed by atoms with Crippen LogP contribution in [0.2, 0.25) is 13.1 Å². The molecule has 0 spiro atoms. The number of allylic oxidation sites excluding steroid dienone is 7. The Morgan fingerprint density at radius 3 is 2.07 bits per heavy atom. The van der Waals surface area contributed by atoms with Crippen molar-refractivity contribution in [1.29, 1.82) is 0 Å². The fraction of sp³-hybridized carbons (Fsp3) is 0.231. The van der Waals surface area contributed by atoms with Gasteiger partial charge in [-0.3, -0.25) is 6.08 Å². The monoisotopic (exact) mass is 436 g/mol. The molecule has 0 atom stereocenters. The van der Waals surface area contributed by atoms with Crippen molar-refractivity contribution in [1.82, 2.24) is 0 Å². The molecule has 3 rings (SSSR count). The number of para-hydroxylation sites is 1. The van der Waals surface area contributed by atoms with Crippen molar-refractivity contribution in [2.75, 3.05) is 6.61 Å². The summed E-state index contributed by atoms with van der Waals surface area (Å²) in [6, 6.07) is 20.3. The van der Waals surface area contributed by atoms with Crippen LogP contribution in [0.4, 0.5) is 0 Å². The maximum absolute atomic E-state index is 5.87. The predicted molar refractivity (Wildman–Crippen MR) is 126 cm³/mol. The van der Waals surface area contributed by atoms with Crippen LogP contribution in [0.15, 0.2) is 96.6 Å². The molecule has 0 unspecified atom stereocenters.